The van der Waals surface area contributed by atoms with Gasteiger partial charge < -0.3 is 15.1 Å². The van der Waals surface area contributed by atoms with Gasteiger partial charge in [0.15, 0.2) is 0 Å². The fourth-order valence-electron chi connectivity index (χ4n) is 2.13. The lowest BCUT2D eigenvalue weighted by Crippen LogP contribution is -2.34. The number of hydrogen-bond acceptors (Lipinski definition) is 3. The molecule has 1 fully saturated rings. The van der Waals surface area contributed by atoms with Crippen molar-refractivity contribution in [1.29, 1.82) is 0 Å². The average Bonchev–Trinajstić information content (AvgIpc) is 2.59. The van der Waals surface area contributed by atoms with E-state index in [1.807, 2.05) is 6.92 Å². The van der Waals surface area contributed by atoms with Gasteiger partial charge in [-0.05, 0) is 32.7 Å². The normalized spacial score (nSPS) is 29.3. The topological polar surface area (TPSA) is 60.8 Å². The van der Waals surface area contributed by atoms with Crippen LogP contribution in [0.3, 0.4) is 0 Å². The van der Waals surface area contributed by atoms with Crippen LogP contribution in [0.5, 0.6) is 0 Å². The van der Waals surface area contributed by atoms with Crippen molar-refractivity contribution >= 4 is 5.97 Å². The van der Waals surface area contributed by atoms with Crippen molar-refractivity contribution in [2.24, 2.45) is 5.41 Å². The molecule has 2 unspecified atom stereocenters. The highest BCUT2D eigenvalue weighted by molar-refractivity contribution is 5.75. The Morgan fingerprint density at radius 3 is 2.67 bits per heavy atom. The molecule has 0 amide bonds. The standard InChI is InChI=1S/C11H21NO3/c1-3-11(10(14)15)5-7-12(8-11)6-4-9(2)13/h9,13H,3-8H2,1-2H3,(H,14,15). The summed E-state index contributed by atoms with van der Waals surface area (Å²) in [5.41, 5.74) is -0.543. The SMILES string of the molecule is CCC1(C(=O)O)CCN(CCC(C)O)C1. The van der Waals surface area contributed by atoms with Crippen LogP contribution in [0.2, 0.25) is 0 Å². The molecular weight excluding hydrogens is 194 g/mol. The Bertz CT molecular complexity index is 230. The van der Waals surface area contributed by atoms with Gasteiger partial charge in [-0.1, -0.05) is 6.92 Å². The number of carboxylic acids is 1. The first kappa shape index (κ1) is 12.5. The molecule has 1 saturated heterocycles. The monoisotopic (exact) mass is 215 g/mol. The van der Waals surface area contributed by atoms with E-state index in [9.17, 15) is 9.90 Å². The molecule has 0 aromatic heterocycles. The van der Waals surface area contributed by atoms with E-state index in [2.05, 4.69) is 4.90 Å². The van der Waals surface area contributed by atoms with Crippen molar-refractivity contribution in [2.75, 3.05) is 19.6 Å². The summed E-state index contributed by atoms with van der Waals surface area (Å²) in [6.07, 6.45) is 1.84. The summed E-state index contributed by atoms with van der Waals surface area (Å²) in [5.74, 6) is -0.676. The Balaban J connectivity index is 2.46. The molecule has 4 heteroatoms. The molecule has 1 rings (SSSR count). The Morgan fingerprint density at radius 1 is 1.60 bits per heavy atom. The van der Waals surface area contributed by atoms with Gasteiger partial charge in [-0.2, -0.15) is 0 Å². The maximum atomic E-state index is 11.2. The Hall–Kier alpha value is -0.610. The Morgan fingerprint density at radius 2 is 2.27 bits per heavy atom. The van der Waals surface area contributed by atoms with Crippen LogP contribution in [0.4, 0.5) is 0 Å². The zero-order valence-electron chi connectivity index (χ0n) is 9.57. The first-order valence-electron chi connectivity index (χ1n) is 5.64. The number of aliphatic hydroxyl groups is 1. The minimum Gasteiger partial charge on any atom is -0.481 e. The number of carboxylic acid groups (broad SMARTS) is 1. The highest BCUT2D eigenvalue weighted by atomic mass is 16.4. The predicted molar refractivity (Wildman–Crippen MR) is 57.7 cm³/mol. The van der Waals surface area contributed by atoms with Crippen LogP contribution >= 0.6 is 0 Å². The number of rotatable bonds is 5. The number of nitrogens with zero attached hydrogens (tertiary/aromatic N) is 1. The average molecular weight is 215 g/mol. The van der Waals surface area contributed by atoms with Crippen molar-refractivity contribution in [1.82, 2.24) is 4.90 Å². The molecule has 1 aliphatic rings. The summed E-state index contributed by atoms with van der Waals surface area (Å²) in [7, 11) is 0. The predicted octanol–water partition coefficient (Wildman–Crippen LogP) is 0.944. The lowest BCUT2D eigenvalue weighted by molar-refractivity contribution is -0.148. The van der Waals surface area contributed by atoms with Crippen molar-refractivity contribution in [3.63, 3.8) is 0 Å². The highest BCUT2D eigenvalue weighted by Crippen LogP contribution is 2.34. The molecule has 4 nitrogen and oxygen atoms in total. The van der Waals surface area contributed by atoms with Crippen molar-refractivity contribution in [2.45, 2.75) is 39.2 Å². The maximum absolute atomic E-state index is 11.2. The summed E-state index contributed by atoms with van der Waals surface area (Å²) >= 11 is 0. The lowest BCUT2D eigenvalue weighted by atomic mass is 9.84. The third kappa shape index (κ3) is 2.92. The number of carbonyl (C=O) groups is 1. The molecule has 15 heavy (non-hydrogen) atoms. The van der Waals surface area contributed by atoms with E-state index in [1.165, 1.54) is 0 Å². The second-order valence-corrected chi connectivity index (χ2v) is 4.60. The van der Waals surface area contributed by atoms with E-state index in [0.717, 1.165) is 25.9 Å². The number of aliphatic hydroxyl groups excluding tert-OH is 1. The minimum atomic E-state index is -0.676. The molecule has 1 heterocycles. The van der Waals surface area contributed by atoms with Crippen LogP contribution < -0.4 is 0 Å². The van der Waals surface area contributed by atoms with Gasteiger partial charge in [0, 0.05) is 13.1 Å². The molecule has 88 valence electrons. The largest absolute Gasteiger partial charge is 0.481 e. The van der Waals surface area contributed by atoms with Gasteiger partial charge in [0.1, 0.15) is 0 Å². The molecular formula is C11H21NO3. The van der Waals surface area contributed by atoms with Gasteiger partial charge >= 0.3 is 5.97 Å². The van der Waals surface area contributed by atoms with E-state index >= 15 is 0 Å². The van der Waals surface area contributed by atoms with E-state index in [0.29, 0.717) is 13.0 Å². The van der Waals surface area contributed by atoms with Crippen LogP contribution in [0.15, 0.2) is 0 Å². The van der Waals surface area contributed by atoms with Crippen molar-refractivity contribution < 1.29 is 15.0 Å². The third-order valence-corrected chi connectivity index (χ3v) is 3.43. The maximum Gasteiger partial charge on any atom is 0.310 e. The molecule has 0 aromatic carbocycles. The van der Waals surface area contributed by atoms with Crippen molar-refractivity contribution in [3.05, 3.63) is 0 Å². The zero-order valence-corrected chi connectivity index (χ0v) is 9.57. The van der Waals surface area contributed by atoms with Gasteiger partial charge in [0.25, 0.3) is 0 Å². The molecule has 0 spiro atoms. The zero-order chi connectivity index (χ0) is 11.5. The van der Waals surface area contributed by atoms with E-state index in [1.54, 1.807) is 6.92 Å². The van der Waals surface area contributed by atoms with E-state index < -0.39 is 11.4 Å². The molecule has 0 saturated carbocycles. The fourth-order valence-corrected chi connectivity index (χ4v) is 2.13. The van der Waals surface area contributed by atoms with E-state index in [-0.39, 0.29) is 6.10 Å². The highest BCUT2D eigenvalue weighted by Gasteiger charge is 2.42. The van der Waals surface area contributed by atoms with Crippen LogP contribution in [-0.2, 0) is 4.79 Å². The van der Waals surface area contributed by atoms with Crippen LogP contribution in [0.25, 0.3) is 0 Å². The number of likely N-dealkylation sites (tertiary alicyclic amines) is 1. The first-order valence-corrected chi connectivity index (χ1v) is 5.64. The Labute approximate surface area is 90.9 Å². The first-order chi connectivity index (χ1) is 7.00. The van der Waals surface area contributed by atoms with Gasteiger partial charge in [0.2, 0.25) is 0 Å². The van der Waals surface area contributed by atoms with Crippen LogP contribution in [0, 0.1) is 5.41 Å². The molecule has 2 atom stereocenters. The molecule has 2 N–H and O–H groups in total. The van der Waals surface area contributed by atoms with Gasteiger partial charge in [-0.15, -0.1) is 0 Å². The smallest absolute Gasteiger partial charge is 0.310 e. The fraction of sp³-hybridized carbons (Fsp3) is 0.909. The molecule has 0 radical (unpaired) electrons. The lowest BCUT2D eigenvalue weighted by Gasteiger charge is -2.23. The summed E-state index contributed by atoms with van der Waals surface area (Å²) in [6, 6.07) is 0. The summed E-state index contributed by atoms with van der Waals surface area (Å²) in [5, 5.41) is 18.3. The quantitative estimate of drug-likeness (QED) is 0.716. The van der Waals surface area contributed by atoms with Gasteiger partial charge in [-0.25, -0.2) is 0 Å². The number of aliphatic carboxylic acids is 1. The van der Waals surface area contributed by atoms with Crippen LogP contribution in [-0.4, -0.2) is 46.8 Å². The summed E-state index contributed by atoms with van der Waals surface area (Å²) in [4.78, 5) is 13.3. The van der Waals surface area contributed by atoms with E-state index in [4.69, 9.17) is 5.11 Å². The summed E-state index contributed by atoms with van der Waals surface area (Å²) < 4.78 is 0. The molecule has 0 aliphatic carbocycles. The van der Waals surface area contributed by atoms with Crippen molar-refractivity contribution in [3.8, 4) is 0 Å². The second-order valence-electron chi connectivity index (χ2n) is 4.60. The molecule has 1 aliphatic heterocycles. The third-order valence-electron chi connectivity index (χ3n) is 3.43. The second kappa shape index (κ2) is 4.94. The minimum absolute atomic E-state index is 0.300. The molecule has 0 aromatic rings. The number of hydrogen-bond donors (Lipinski definition) is 2. The van der Waals surface area contributed by atoms with Gasteiger partial charge in [0.05, 0.1) is 11.5 Å². The summed E-state index contributed by atoms with van der Waals surface area (Å²) in [6.45, 7) is 5.97. The Kier molecular flexibility index (Phi) is 4.11. The van der Waals surface area contributed by atoms with Gasteiger partial charge in [-0.3, -0.25) is 4.79 Å². The van der Waals surface area contributed by atoms with Crippen LogP contribution in [0.1, 0.15) is 33.1 Å². The molecule has 0 bridgehead atoms.